The molecule has 39 heavy (non-hydrogen) atoms. The molecule has 0 bridgehead atoms. The summed E-state index contributed by atoms with van der Waals surface area (Å²) in [4.78, 5) is 2.33. The summed E-state index contributed by atoms with van der Waals surface area (Å²) in [7, 11) is 1.69. The number of nitrogens with zero attached hydrogens (tertiary/aromatic N) is 5. The first-order chi connectivity index (χ1) is 18.8. The lowest BCUT2D eigenvalue weighted by molar-refractivity contribution is -0.686. The minimum absolute atomic E-state index is 0. The number of rotatable bonds is 7. The number of hydrogen-bond acceptors (Lipinski definition) is 7. The third kappa shape index (κ3) is 4.86. The van der Waals surface area contributed by atoms with Gasteiger partial charge in [0.15, 0.2) is 41.6 Å². The van der Waals surface area contributed by atoms with Gasteiger partial charge in [-0.05, 0) is 54.5 Å². The zero-order valence-electron chi connectivity index (χ0n) is 22.1. The van der Waals surface area contributed by atoms with Gasteiger partial charge in [0.25, 0.3) is 0 Å². The molecule has 0 unspecified atom stereocenters. The minimum Gasteiger partial charge on any atom is -1.00 e. The molecule has 0 amide bonds. The molecule has 0 aliphatic carbocycles. The van der Waals surface area contributed by atoms with Crippen molar-refractivity contribution in [1.29, 1.82) is 0 Å². The molecule has 1 fully saturated rings. The van der Waals surface area contributed by atoms with Crippen LogP contribution in [0.2, 0.25) is 0 Å². The normalized spacial score (nSPS) is 15.5. The van der Waals surface area contributed by atoms with E-state index < -0.39 is 0 Å². The fraction of sp³-hybridized carbons (Fsp3) is 0.414. The monoisotopic (exact) mass is 593 g/mol. The Morgan fingerprint density at radius 1 is 1.05 bits per heavy atom. The molecule has 1 saturated heterocycles. The number of piperidine rings is 1. The van der Waals surface area contributed by atoms with E-state index in [2.05, 4.69) is 56.4 Å². The largest absolute Gasteiger partial charge is 1.00 e. The maximum absolute atomic E-state index is 6.36. The first-order valence-corrected chi connectivity index (χ1v) is 13.5. The standard InChI is InChI=1S/C29H32N5O4.BrH/c1-35-25-7-6-20-14-24-22-16-27-26(37-19-38-27)15-21(22)8-12-33(24)17-23(20)29(25)36-13-5-11-34-18-28(30-31-34)32-9-3-2-4-10-32;/h6-7,14-18H,2-5,8-13,19H2,1H3;1H/q+1;/p-1. The number of hydrogen-bond donors (Lipinski definition) is 0. The second kappa shape index (κ2) is 10.9. The van der Waals surface area contributed by atoms with Crippen LogP contribution in [-0.2, 0) is 19.5 Å². The summed E-state index contributed by atoms with van der Waals surface area (Å²) in [6.45, 7) is 4.63. The quantitative estimate of drug-likeness (QED) is 0.235. The topological polar surface area (TPSA) is 74.8 Å². The molecule has 204 valence electrons. The Labute approximate surface area is 238 Å². The highest BCUT2D eigenvalue weighted by molar-refractivity contribution is 5.91. The molecule has 3 aliphatic heterocycles. The van der Waals surface area contributed by atoms with Gasteiger partial charge in [-0.15, -0.1) is 5.10 Å². The van der Waals surface area contributed by atoms with E-state index in [0.29, 0.717) is 6.61 Å². The Bertz CT molecular complexity index is 1500. The number of methoxy groups -OCH3 is 1. The molecule has 0 radical (unpaired) electrons. The summed E-state index contributed by atoms with van der Waals surface area (Å²) in [5, 5.41) is 10.9. The van der Waals surface area contributed by atoms with E-state index in [-0.39, 0.29) is 23.8 Å². The van der Waals surface area contributed by atoms with Gasteiger partial charge in [0.05, 0.1) is 30.9 Å². The van der Waals surface area contributed by atoms with Crippen LogP contribution in [0.25, 0.3) is 22.0 Å². The maximum Gasteiger partial charge on any atom is 0.231 e. The summed E-state index contributed by atoms with van der Waals surface area (Å²) in [5.41, 5.74) is 3.65. The Kier molecular flexibility index (Phi) is 7.20. The van der Waals surface area contributed by atoms with E-state index in [4.69, 9.17) is 18.9 Å². The van der Waals surface area contributed by atoms with Crippen LogP contribution in [0.15, 0.2) is 42.7 Å². The lowest BCUT2D eigenvalue weighted by Gasteiger charge is -2.25. The average molecular weight is 595 g/mol. The van der Waals surface area contributed by atoms with Crippen LogP contribution in [0, 0.1) is 0 Å². The van der Waals surface area contributed by atoms with Crippen molar-refractivity contribution in [3.8, 4) is 34.3 Å². The molecule has 4 aromatic rings. The van der Waals surface area contributed by atoms with Crippen LogP contribution in [0.5, 0.6) is 23.0 Å². The molecule has 0 atom stereocenters. The predicted molar refractivity (Wildman–Crippen MR) is 142 cm³/mol. The van der Waals surface area contributed by atoms with Crippen LogP contribution >= 0.6 is 0 Å². The van der Waals surface area contributed by atoms with Gasteiger partial charge in [0.1, 0.15) is 0 Å². The summed E-state index contributed by atoms with van der Waals surface area (Å²) in [6.07, 6.45) is 9.77. The molecule has 0 spiro atoms. The minimum atomic E-state index is 0. The number of halogens is 1. The Morgan fingerprint density at radius 2 is 1.90 bits per heavy atom. The summed E-state index contributed by atoms with van der Waals surface area (Å²) in [6, 6.07) is 10.6. The lowest BCUT2D eigenvalue weighted by atomic mass is 9.95. The summed E-state index contributed by atoms with van der Waals surface area (Å²) >= 11 is 0. The number of pyridine rings is 1. The highest BCUT2D eigenvalue weighted by atomic mass is 79.9. The van der Waals surface area contributed by atoms with E-state index in [0.717, 1.165) is 78.6 Å². The van der Waals surface area contributed by atoms with Crippen LogP contribution in [-0.4, -0.2) is 48.6 Å². The third-order valence-corrected chi connectivity index (χ3v) is 7.78. The maximum atomic E-state index is 6.36. The smallest absolute Gasteiger partial charge is 0.231 e. The summed E-state index contributed by atoms with van der Waals surface area (Å²) < 4.78 is 27.5. The van der Waals surface area contributed by atoms with Crippen molar-refractivity contribution >= 4 is 16.6 Å². The average Bonchev–Trinajstić information content (AvgIpc) is 3.63. The number of ether oxygens (including phenoxy) is 4. The van der Waals surface area contributed by atoms with Crippen molar-refractivity contribution in [3.05, 3.63) is 48.3 Å². The van der Waals surface area contributed by atoms with Crippen molar-refractivity contribution in [2.75, 3.05) is 38.5 Å². The number of aryl methyl sites for hydroxylation is 3. The summed E-state index contributed by atoms with van der Waals surface area (Å²) in [5.74, 6) is 4.16. The van der Waals surface area contributed by atoms with Crippen LogP contribution in [0.3, 0.4) is 0 Å². The second-order valence-electron chi connectivity index (χ2n) is 10.2. The van der Waals surface area contributed by atoms with Gasteiger partial charge in [-0.2, -0.15) is 4.57 Å². The van der Waals surface area contributed by atoms with Gasteiger partial charge in [-0.25, -0.2) is 0 Å². The van der Waals surface area contributed by atoms with Gasteiger partial charge in [-0.3, -0.25) is 4.68 Å². The SMILES string of the molecule is COc1ccc2cc3[n+](cc2c1OCCCn1cc(N2CCCCC2)nn1)CCc1cc2c(cc1-3)OCO2.[Br-]. The van der Waals surface area contributed by atoms with Crippen molar-refractivity contribution in [3.63, 3.8) is 0 Å². The Morgan fingerprint density at radius 3 is 2.74 bits per heavy atom. The van der Waals surface area contributed by atoms with E-state index >= 15 is 0 Å². The third-order valence-electron chi connectivity index (χ3n) is 7.78. The highest BCUT2D eigenvalue weighted by Crippen LogP contribution is 2.41. The fourth-order valence-electron chi connectivity index (χ4n) is 5.77. The van der Waals surface area contributed by atoms with E-state index in [9.17, 15) is 0 Å². The molecule has 10 heteroatoms. The Hall–Kier alpha value is -3.53. The molecule has 0 saturated carbocycles. The fourth-order valence-corrected chi connectivity index (χ4v) is 5.77. The van der Waals surface area contributed by atoms with Crippen molar-refractivity contribution < 1.29 is 40.5 Å². The van der Waals surface area contributed by atoms with Crippen LogP contribution in [0.1, 0.15) is 31.2 Å². The lowest BCUT2D eigenvalue weighted by Crippen LogP contribution is -3.00. The van der Waals surface area contributed by atoms with E-state index in [1.807, 2.05) is 10.7 Å². The zero-order chi connectivity index (χ0) is 25.5. The second-order valence-corrected chi connectivity index (χ2v) is 10.2. The van der Waals surface area contributed by atoms with E-state index in [1.54, 1.807) is 7.11 Å². The van der Waals surface area contributed by atoms with E-state index in [1.165, 1.54) is 36.1 Å². The Balaban J connectivity index is 0.00000277. The first-order valence-electron chi connectivity index (χ1n) is 13.5. The van der Waals surface area contributed by atoms with Gasteiger partial charge in [0, 0.05) is 38.5 Å². The number of anilines is 1. The van der Waals surface area contributed by atoms with Gasteiger partial charge < -0.3 is 40.8 Å². The van der Waals surface area contributed by atoms with Crippen molar-refractivity contribution in [1.82, 2.24) is 15.0 Å². The van der Waals surface area contributed by atoms with Crippen molar-refractivity contribution in [2.24, 2.45) is 0 Å². The molecule has 0 N–H and O–H groups in total. The zero-order valence-corrected chi connectivity index (χ0v) is 23.7. The predicted octanol–water partition coefficient (Wildman–Crippen LogP) is 1.14. The number of benzene rings is 2. The van der Waals surface area contributed by atoms with Crippen molar-refractivity contribution in [2.45, 2.75) is 45.2 Å². The number of aromatic nitrogens is 4. The molecule has 7 rings (SSSR count). The molecular formula is C29H32BrN5O4. The number of fused-ring (bicyclic) bond motifs is 5. The molecule has 2 aromatic heterocycles. The molecule has 3 aliphatic rings. The van der Waals surface area contributed by atoms with Crippen LogP contribution in [0.4, 0.5) is 5.82 Å². The first kappa shape index (κ1) is 25.7. The molecular weight excluding hydrogens is 562 g/mol. The molecule has 2 aromatic carbocycles. The van der Waals surface area contributed by atoms with Gasteiger partial charge in [0.2, 0.25) is 12.5 Å². The van der Waals surface area contributed by atoms with Gasteiger partial charge in [-0.1, -0.05) is 5.21 Å². The van der Waals surface area contributed by atoms with Gasteiger partial charge >= 0.3 is 0 Å². The highest BCUT2D eigenvalue weighted by Gasteiger charge is 2.28. The van der Waals surface area contributed by atoms with Crippen LogP contribution < -0.4 is 45.4 Å². The molecule has 5 heterocycles. The molecule has 9 nitrogen and oxygen atoms in total.